The summed E-state index contributed by atoms with van der Waals surface area (Å²) in [4.78, 5) is 0. The molecule has 0 aliphatic carbocycles. The first-order valence-corrected chi connectivity index (χ1v) is 17.3. The fraction of sp³-hybridized carbons (Fsp3) is 0.300. The number of aromatic hydroxyl groups is 4. The molecule has 2 aliphatic rings. The second-order valence-electron chi connectivity index (χ2n) is 13.0. The molecule has 0 radical (unpaired) electrons. The topological polar surface area (TPSA) is 280 Å². The van der Waals surface area contributed by atoms with Crippen molar-refractivity contribution in [2.75, 3.05) is 13.2 Å². The van der Waals surface area contributed by atoms with Crippen molar-refractivity contribution in [3.63, 3.8) is 0 Å². The van der Waals surface area contributed by atoms with E-state index in [-0.39, 0.29) is 34.5 Å². The second-order valence-corrected chi connectivity index (χ2v) is 13.0. The van der Waals surface area contributed by atoms with Crippen LogP contribution in [0.4, 0.5) is 0 Å². The first-order valence-electron chi connectivity index (χ1n) is 17.3. The van der Waals surface area contributed by atoms with Gasteiger partial charge in [0.15, 0.2) is 0 Å². The number of rotatable bonds is 10. The fourth-order valence-electron chi connectivity index (χ4n) is 5.69. The maximum Gasteiger partial charge on any atom is 0.229 e. The number of phenols is 4. The summed E-state index contributed by atoms with van der Waals surface area (Å²) < 4.78 is 21.7. The Morgan fingerprint density at radius 3 is 1.09 bits per heavy atom. The fourth-order valence-corrected chi connectivity index (χ4v) is 5.69. The zero-order valence-electron chi connectivity index (χ0n) is 29.6. The Morgan fingerprint density at radius 2 is 0.750 bits per heavy atom. The van der Waals surface area contributed by atoms with Gasteiger partial charge in [-0.2, -0.15) is 0 Å². The minimum absolute atomic E-state index is 0.0903. The molecule has 2 saturated heterocycles. The van der Waals surface area contributed by atoms with E-state index in [2.05, 4.69) is 0 Å². The van der Waals surface area contributed by atoms with Crippen molar-refractivity contribution in [3.8, 4) is 34.5 Å². The lowest BCUT2D eigenvalue weighted by molar-refractivity contribution is -0.277. The number of aliphatic hydroxyl groups excluding tert-OH is 8. The van der Waals surface area contributed by atoms with Gasteiger partial charge in [0.05, 0.1) is 13.2 Å². The molecule has 300 valence electrons. The zero-order chi connectivity index (χ0) is 40.5. The van der Waals surface area contributed by atoms with Gasteiger partial charge in [-0.15, -0.1) is 0 Å². The number of hydrogen-bond acceptors (Lipinski definition) is 16. The second kappa shape index (κ2) is 19.1. The third-order valence-corrected chi connectivity index (χ3v) is 8.75. The lowest BCUT2D eigenvalue weighted by atomic mass is 9.99. The van der Waals surface area contributed by atoms with Gasteiger partial charge in [0, 0.05) is 12.1 Å². The molecule has 0 spiro atoms. The summed E-state index contributed by atoms with van der Waals surface area (Å²) in [5.74, 6) is 0.457. The summed E-state index contributed by atoms with van der Waals surface area (Å²) in [6, 6.07) is 21.9. The van der Waals surface area contributed by atoms with Crippen LogP contribution in [0, 0.1) is 0 Å². The van der Waals surface area contributed by atoms with E-state index in [1.54, 1.807) is 85.0 Å². The van der Waals surface area contributed by atoms with Gasteiger partial charge in [0.2, 0.25) is 12.6 Å². The van der Waals surface area contributed by atoms with Crippen LogP contribution in [0.15, 0.2) is 84.9 Å². The molecule has 16 heteroatoms. The van der Waals surface area contributed by atoms with E-state index in [1.165, 1.54) is 24.3 Å². The van der Waals surface area contributed by atoms with Crippen molar-refractivity contribution >= 4 is 24.3 Å². The highest BCUT2D eigenvalue weighted by atomic mass is 16.7. The van der Waals surface area contributed by atoms with Gasteiger partial charge in [-0.3, -0.25) is 0 Å². The summed E-state index contributed by atoms with van der Waals surface area (Å²) in [5.41, 5.74) is 2.84. The zero-order valence-corrected chi connectivity index (χ0v) is 29.6. The Bertz CT molecular complexity index is 1770. The van der Waals surface area contributed by atoms with E-state index < -0.39 is 74.6 Å². The molecular formula is C40H44O16. The predicted molar refractivity (Wildman–Crippen MR) is 199 cm³/mol. The molecule has 12 N–H and O–H groups in total. The number of ether oxygens (including phenoxy) is 4. The Labute approximate surface area is 320 Å². The van der Waals surface area contributed by atoms with Crippen LogP contribution in [0.5, 0.6) is 34.5 Å². The van der Waals surface area contributed by atoms with E-state index in [4.69, 9.17) is 18.9 Å². The number of benzene rings is 4. The summed E-state index contributed by atoms with van der Waals surface area (Å²) in [6.07, 6.45) is -7.05. The van der Waals surface area contributed by atoms with Crippen molar-refractivity contribution in [3.05, 3.63) is 107 Å². The van der Waals surface area contributed by atoms with Gasteiger partial charge in [-0.25, -0.2) is 0 Å². The summed E-state index contributed by atoms with van der Waals surface area (Å²) in [5, 5.41) is 116. The van der Waals surface area contributed by atoms with Gasteiger partial charge in [-0.05, 0) is 70.8 Å². The first kappa shape index (κ1) is 41.9. The molecule has 16 nitrogen and oxygen atoms in total. The molecular weight excluding hydrogens is 736 g/mol. The Balaban J connectivity index is 0.000000214. The van der Waals surface area contributed by atoms with Crippen LogP contribution in [0.2, 0.25) is 0 Å². The van der Waals surface area contributed by atoms with E-state index >= 15 is 0 Å². The average molecular weight is 781 g/mol. The molecule has 10 unspecified atom stereocenters. The molecule has 4 aromatic carbocycles. The molecule has 2 fully saturated rings. The molecule has 0 aromatic heterocycles. The monoisotopic (exact) mass is 780 g/mol. The molecule has 2 aliphatic heterocycles. The Hall–Kier alpha value is -5.24. The van der Waals surface area contributed by atoms with Crippen LogP contribution in [-0.4, -0.2) is 136 Å². The Kier molecular flexibility index (Phi) is 14.3. The summed E-state index contributed by atoms with van der Waals surface area (Å²) in [7, 11) is 0. The molecule has 0 bridgehead atoms. The van der Waals surface area contributed by atoms with Crippen LogP contribution in [0.3, 0.4) is 0 Å². The van der Waals surface area contributed by atoms with Crippen molar-refractivity contribution in [2.24, 2.45) is 0 Å². The highest BCUT2D eigenvalue weighted by Gasteiger charge is 2.45. The van der Waals surface area contributed by atoms with Crippen molar-refractivity contribution in [1.29, 1.82) is 0 Å². The lowest BCUT2D eigenvalue weighted by Gasteiger charge is -2.39. The van der Waals surface area contributed by atoms with Crippen LogP contribution >= 0.6 is 0 Å². The van der Waals surface area contributed by atoms with Crippen LogP contribution in [-0.2, 0) is 9.47 Å². The van der Waals surface area contributed by atoms with Crippen LogP contribution in [0.1, 0.15) is 22.3 Å². The number of hydrogen-bond donors (Lipinski definition) is 12. The highest BCUT2D eigenvalue weighted by Crippen LogP contribution is 2.30. The van der Waals surface area contributed by atoms with E-state index in [0.29, 0.717) is 11.1 Å². The maximum atomic E-state index is 10.1. The van der Waals surface area contributed by atoms with Crippen molar-refractivity contribution < 1.29 is 80.2 Å². The van der Waals surface area contributed by atoms with Crippen molar-refractivity contribution in [2.45, 2.75) is 61.4 Å². The van der Waals surface area contributed by atoms with Gasteiger partial charge in [-0.1, -0.05) is 48.6 Å². The SMILES string of the molecule is OCC1OC(Oc2cc(O)cc(/C=C/c3ccc(O)cc3)c2)C(O)C(O)C1O.OCC1OC(Oc2cc(O)cc(/C=C\c3ccc(O)cc3)c2)C(O)C(O)C1O. The third kappa shape index (κ3) is 11.0. The molecule has 2 heterocycles. The smallest absolute Gasteiger partial charge is 0.229 e. The van der Waals surface area contributed by atoms with E-state index in [1.807, 2.05) is 0 Å². The standard InChI is InChI=1S/2C20H22O8/c2*21-10-16-17(24)18(25)19(26)20(28-16)27-15-8-12(7-14(23)9-15)2-1-11-3-5-13(22)6-4-11/h2*1-9,16-26H,10H2/b2-1+;2-1-. The van der Waals surface area contributed by atoms with E-state index in [0.717, 1.165) is 11.1 Å². The normalized spacial score (nSPS) is 27.8. The minimum Gasteiger partial charge on any atom is -0.508 e. The molecule has 0 amide bonds. The maximum absolute atomic E-state index is 10.1. The minimum atomic E-state index is -1.55. The summed E-state index contributed by atoms with van der Waals surface area (Å²) >= 11 is 0. The Morgan fingerprint density at radius 1 is 0.411 bits per heavy atom. The number of phenolic OH excluding ortho intramolecular Hbond substituents is 4. The van der Waals surface area contributed by atoms with Gasteiger partial charge >= 0.3 is 0 Å². The molecule has 0 saturated carbocycles. The van der Waals surface area contributed by atoms with Crippen LogP contribution in [0.25, 0.3) is 24.3 Å². The van der Waals surface area contributed by atoms with Gasteiger partial charge in [0.25, 0.3) is 0 Å². The molecule has 4 aromatic rings. The van der Waals surface area contributed by atoms with Crippen molar-refractivity contribution in [1.82, 2.24) is 0 Å². The molecule has 6 rings (SSSR count). The largest absolute Gasteiger partial charge is 0.508 e. The van der Waals surface area contributed by atoms with E-state index in [9.17, 15) is 61.3 Å². The average Bonchev–Trinajstić information content (AvgIpc) is 3.18. The van der Waals surface area contributed by atoms with Gasteiger partial charge < -0.3 is 80.2 Å². The first-order chi connectivity index (χ1) is 26.7. The lowest BCUT2D eigenvalue weighted by Crippen LogP contribution is -2.60. The highest BCUT2D eigenvalue weighted by molar-refractivity contribution is 5.72. The number of aliphatic hydroxyl groups is 8. The summed E-state index contributed by atoms with van der Waals surface area (Å²) in [6.45, 7) is -1.13. The predicted octanol–water partition coefficient (Wildman–Crippen LogP) is 0.894. The van der Waals surface area contributed by atoms with Crippen LogP contribution < -0.4 is 9.47 Å². The molecule has 10 atom stereocenters. The third-order valence-electron chi connectivity index (χ3n) is 8.75. The quantitative estimate of drug-likeness (QED) is 0.0996. The van der Waals surface area contributed by atoms with Gasteiger partial charge in [0.1, 0.15) is 83.3 Å². The molecule has 56 heavy (non-hydrogen) atoms.